The van der Waals surface area contributed by atoms with Crippen LogP contribution in [0.2, 0.25) is 0 Å². The largest absolute Gasteiger partial charge is 0.446 e. The molecule has 0 radical (unpaired) electrons. The Morgan fingerprint density at radius 2 is 1.81 bits per heavy atom. The Morgan fingerprint density at radius 1 is 1.00 bits per heavy atom. The molecule has 4 aromatic rings. The molecule has 3 aromatic carbocycles. The first-order valence-electron chi connectivity index (χ1n) is 14.0. The maximum Gasteiger partial charge on any atom is 0.435 e. The molecule has 0 unspecified atom stereocenters. The van der Waals surface area contributed by atoms with Gasteiger partial charge in [-0.2, -0.15) is 9.78 Å². The summed E-state index contributed by atoms with van der Waals surface area (Å²) in [5.41, 5.74) is 5.64. The molecule has 1 heterocycles. The monoisotopic (exact) mass is 569 g/mol. The Hall–Kier alpha value is -4.86. The summed E-state index contributed by atoms with van der Waals surface area (Å²) in [6.45, 7) is 6.73. The van der Waals surface area contributed by atoms with Gasteiger partial charge in [-0.1, -0.05) is 75.4 Å². The van der Waals surface area contributed by atoms with Gasteiger partial charge in [-0.25, -0.2) is 14.4 Å². The Labute approximate surface area is 244 Å². The molecule has 0 aliphatic heterocycles. The highest BCUT2D eigenvalue weighted by molar-refractivity contribution is 6.02. The zero-order chi connectivity index (χ0) is 29.7. The van der Waals surface area contributed by atoms with Gasteiger partial charge in [0.15, 0.2) is 0 Å². The summed E-state index contributed by atoms with van der Waals surface area (Å²) in [4.78, 5) is 37.5. The number of aryl methyl sites for hydroxylation is 1. The maximum atomic E-state index is 13.0. The van der Waals surface area contributed by atoms with Gasteiger partial charge in [-0.05, 0) is 52.6 Å². The third-order valence-electron chi connectivity index (χ3n) is 7.24. The number of aromatic nitrogens is 2. The number of fused-ring (bicyclic) bond motifs is 2. The number of hydrogen-bond donors (Lipinski definition) is 3. The second-order valence-electron chi connectivity index (χ2n) is 11.3. The highest BCUT2D eigenvalue weighted by atomic mass is 16.6. The average molecular weight is 570 g/mol. The molecule has 10 heteroatoms. The normalized spacial score (nSPS) is 14.2. The molecule has 0 spiro atoms. The molecule has 218 valence electrons. The zero-order valence-electron chi connectivity index (χ0n) is 24.0. The van der Waals surface area contributed by atoms with Gasteiger partial charge in [-0.3, -0.25) is 0 Å². The second-order valence-corrected chi connectivity index (χ2v) is 11.3. The number of anilines is 1. The van der Waals surface area contributed by atoms with Crippen LogP contribution in [-0.4, -0.2) is 41.1 Å². The van der Waals surface area contributed by atoms with E-state index in [-0.39, 0.29) is 37.2 Å². The number of nitrogens with one attached hydrogen (secondary N) is 3. The summed E-state index contributed by atoms with van der Waals surface area (Å²) in [5.74, 6) is 0. The van der Waals surface area contributed by atoms with Crippen molar-refractivity contribution >= 4 is 34.8 Å². The Morgan fingerprint density at radius 3 is 2.60 bits per heavy atom. The van der Waals surface area contributed by atoms with E-state index in [1.807, 2.05) is 30.3 Å². The van der Waals surface area contributed by atoms with E-state index >= 15 is 0 Å². The number of alkyl carbamates (subject to hydrolysis) is 1. The Kier molecular flexibility index (Phi) is 8.42. The minimum atomic E-state index is -0.705. The second kappa shape index (κ2) is 12.3. The number of urea groups is 1. The Bertz CT molecular complexity index is 1590. The summed E-state index contributed by atoms with van der Waals surface area (Å²) in [6.07, 6.45) is 1.94. The van der Waals surface area contributed by atoms with Crippen LogP contribution in [0.5, 0.6) is 0 Å². The third kappa shape index (κ3) is 6.71. The topological polar surface area (TPSA) is 124 Å². The third-order valence-corrected chi connectivity index (χ3v) is 7.24. The van der Waals surface area contributed by atoms with E-state index in [2.05, 4.69) is 60.0 Å². The minimum absolute atomic E-state index is 0.0684. The molecule has 3 N–H and O–H groups in total. The van der Waals surface area contributed by atoms with Crippen molar-refractivity contribution in [2.24, 2.45) is 0 Å². The molecule has 1 aliphatic rings. The fourth-order valence-electron chi connectivity index (χ4n) is 4.98. The van der Waals surface area contributed by atoms with E-state index < -0.39 is 12.2 Å². The molecule has 0 bridgehead atoms. The molecule has 1 atom stereocenters. The van der Waals surface area contributed by atoms with Crippen molar-refractivity contribution in [2.75, 3.05) is 18.5 Å². The Balaban J connectivity index is 1.13. The van der Waals surface area contributed by atoms with Gasteiger partial charge >= 0.3 is 18.2 Å². The summed E-state index contributed by atoms with van der Waals surface area (Å²) in [7, 11) is 0. The lowest BCUT2D eigenvalue weighted by Crippen LogP contribution is -2.31. The van der Waals surface area contributed by atoms with Crippen molar-refractivity contribution in [1.82, 2.24) is 20.4 Å². The summed E-state index contributed by atoms with van der Waals surface area (Å²) < 4.78 is 11.5. The van der Waals surface area contributed by atoms with E-state index in [0.29, 0.717) is 16.6 Å². The number of carbonyl (C=O) groups is 3. The molecule has 0 saturated carbocycles. The quantitative estimate of drug-likeness (QED) is 0.233. The smallest absolute Gasteiger partial charge is 0.435 e. The fourth-order valence-corrected chi connectivity index (χ4v) is 4.98. The number of hydrogen-bond acceptors (Lipinski definition) is 6. The van der Waals surface area contributed by atoms with E-state index in [1.54, 1.807) is 18.2 Å². The van der Waals surface area contributed by atoms with Crippen molar-refractivity contribution in [1.29, 1.82) is 0 Å². The molecule has 5 rings (SSSR count). The van der Waals surface area contributed by atoms with Gasteiger partial charge in [0.2, 0.25) is 0 Å². The van der Waals surface area contributed by atoms with E-state index in [9.17, 15) is 14.4 Å². The lowest BCUT2D eigenvalue weighted by Gasteiger charge is -2.21. The van der Waals surface area contributed by atoms with Crippen molar-refractivity contribution in [2.45, 2.75) is 51.7 Å². The van der Waals surface area contributed by atoms with Crippen molar-refractivity contribution in [3.63, 3.8) is 0 Å². The average Bonchev–Trinajstić information content (AvgIpc) is 3.59. The molecule has 1 aliphatic carbocycles. The fraction of sp³-hybridized carbons (Fsp3) is 0.312. The maximum absolute atomic E-state index is 13.0. The van der Waals surface area contributed by atoms with Crippen molar-refractivity contribution in [3.05, 3.63) is 95.2 Å². The van der Waals surface area contributed by atoms with Crippen LogP contribution in [0.1, 0.15) is 55.5 Å². The van der Waals surface area contributed by atoms with Gasteiger partial charge in [0.25, 0.3) is 0 Å². The van der Waals surface area contributed by atoms with Crippen LogP contribution in [0.4, 0.5) is 20.1 Å². The summed E-state index contributed by atoms with van der Waals surface area (Å²) in [5, 5.41) is 13.3. The summed E-state index contributed by atoms with van der Waals surface area (Å²) in [6, 6.07) is 20.6. The molecular weight excluding hydrogens is 534 g/mol. The first kappa shape index (κ1) is 28.7. The molecule has 1 aromatic heterocycles. The number of benzene rings is 3. The van der Waals surface area contributed by atoms with E-state index in [0.717, 1.165) is 28.7 Å². The van der Waals surface area contributed by atoms with Gasteiger partial charge in [0.1, 0.15) is 13.2 Å². The predicted octanol–water partition coefficient (Wildman–Crippen LogP) is 6.05. The van der Waals surface area contributed by atoms with Gasteiger partial charge < -0.3 is 25.4 Å². The first-order valence-corrected chi connectivity index (χ1v) is 14.0. The van der Waals surface area contributed by atoms with Crippen LogP contribution in [0.3, 0.4) is 0 Å². The highest BCUT2D eigenvalue weighted by Gasteiger charge is 2.26. The SMILES string of the molecule is CC(C)(C)c1ccc2c(c1)CC[C@H]2NC(=O)Nc1cccc2c1cnn2C(=O)OCCNC(=O)OCc1ccccc1. The lowest BCUT2D eigenvalue weighted by molar-refractivity contribution is 0.128. The zero-order valence-corrected chi connectivity index (χ0v) is 24.0. The number of ether oxygens (including phenoxy) is 2. The molecule has 0 fully saturated rings. The molecule has 3 amide bonds. The van der Waals surface area contributed by atoms with Crippen LogP contribution in [0.25, 0.3) is 10.9 Å². The minimum Gasteiger partial charge on any atom is -0.446 e. The van der Waals surface area contributed by atoms with Crippen LogP contribution >= 0.6 is 0 Å². The van der Waals surface area contributed by atoms with Gasteiger partial charge in [0, 0.05) is 5.39 Å². The molecule has 0 saturated heterocycles. The highest BCUT2D eigenvalue weighted by Crippen LogP contribution is 2.35. The van der Waals surface area contributed by atoms with E-state index in [4.69, 9.17) is 9.47 Å². The van der Waals surface area contributed by atoms with Crippen LogP contribution in [0, 0.1) is 0 Å². The first-order chi connectivity index (χ1) is 20.2. The van der Waals surface area contributed by atoms with E-state index in [1.165, 1.54) is 17.3 Å². The molecular formula is C32H35N5O5. The predicted molar refractivity (Wildman–Crippen MR) is 159 cm³/mol. The van der Waals surface area contributed by atoms with Crippen LogP contribution < -0.4 is 16.0 Å². The number of carbonyl (C=O) groups excluding carboxylic acids is 3. The molecule has 42 heavy (non-hydrogen) atoms. The van der Waals surface area contributed by atoms with Crippen molar-refractivity contribution in [3.8, 4) is 0 Å². The van der Waals surface area contributed by atoms with Gasteiger partial charge in [0.05, 0.1) is 30.0 Å². The number of amides is 3. The summed E-state index contributed by atoms with van der Waals surface area (Å²) >= 11 is 0. The van der Waals surface area contributed by atoms with Crippen LogP contribution in [0.15, 0.2) is 72.9 Å². The van der Waals surface area contributed by atoms with Crippen LogP contribution in [-0.2, 0) is 27.9 Å². The lowest BCUT2D eigenvalue weighted by atomic mass is 9.85. The number of rotatable bonds is 7. The van der Waals surface area contributed by atoms with Crippen molar-refractivity contribution < 1.29 is 23.9 Å². The molecule has 10 nitrogen and oxygen atoms in total. The number of nitrogens with zero attached hydrogens (tertiary/aromatic N) is 2. The van der Waals surface area contributed by atoms with Gasteiger partial charge in [-0.15, -0.1) is 0 Å². The standard InChI is InChI=1S/C32H35N5O5/c1-32(2,3)23-13-14-24-22(18-23)12-15-27(24)36-29(38)35-26-10-7-11-28-25(26)19-34-37(28)31(40)41-17-16-33-30(39)42-20-21-8-5-4-6-9-21/h4-11,13-14,18-19,27H,12,15-17,20H2,1-3H3,(H,33,39)(H2,35,36,38)/t27-/m1/s1.